The van der Waals surface area contributed by atoms with Gasteiger partial charge in [0.25, 0.3) is 0 Å². The number of carbonyl (C=O) groups is 1. The van der Waals surface area contributed by atoms with Gasteiger partial charge in [0.2, 0.25) is 0 Å². The van der Waals surface area contributed by atoms with Crippen molar-refractivity contribution in [3.8, 4) is 5.82 Å². The number of rotatable bonds is 2. The molecule has 0 aromatic carbocycles. The molecular weight excluding hydrogens is 312 g/mol. The lowest BCUT2D eigenvalue weighted by molar-refractivity contribution is 0.0688. The van der Waals surface area contributed by atoms with Crippen molar-refractivity contribution >= 4 is 21.9 Å². The zero-order valence-electron chi connectivity index (χ0n) is 9.75. The minimum Gasteiger partial charge on any atom is -0.476 e. The van der Waals surface area contributed by atoms with Crippen LogP contribution in [0.5, 0.6) is 0 Å². The van der Waals surface area contributed by atoms with Crippen molar-refractivity contribution in [3.63, 3.8) is 0 Å². The Morgan fingerprint density at radius 2 is 2.26 bits per heavy atom. The van der Waals surface area contributed by atoms with E-state index in [1.165, 1.54) is 0 Å². The molecule has 0 radical (unpaired) electrons. The third-order valence-electron chi connectivity index (χ3n) is 3.79. The highest BCUT2D eigenvalue weighted by atomic mass is 79.9. The maximum absolute atomic E-state index is 11.3. The number of aromatic carboxylic acids is 1. The zero-order valence-corrected chi connectivity index (χ0v) is 11.3. The lowest BCUT2D eigenvalue weighted by Crippen LogP contribution is -2.06. The van der Waals surface area contributed by atoms with Crippen LogP contribution < -0.4 is 0 Å². The van der Waals surface area contributed by atoms with Crippen molar-refractivity contribution in [1.82, 2.24) is 19.7 Å². The van der Waals surface area contributed by atoms with Crippen molar-refractivity contribution < 1.29 is 9.90 Å². The van der Waals surface area contributed by atoms with E-state index in [1.54, 1.807) is 17.1 Å². The van der Waals surface area contributed by atoms with Crippen LogP contribution in [0.15, 0.2) is 17.0 Å². The lowest BCUT2D eigenvalue weighted by atomic mass is 10.1. The van der Waals surface area contributed by atoms with Gasteiger partial charge in [-0.05, 0) is 34.7 Å². The number of fused-ring (bicyclic) bond motifs is 3. The number of carboxylic acid groups (broad SMARTS) is 1. The summed E-state index contributed by atoms with van der Waals surface area (Å²) < 4.78 is 2.29. The number of nitrogens with zero attached hydrogens (tertiary/aromatic N) is 4. The fraction of sp³-hybridized carbons (Fsp3) is 0.333. The van der Waals surface area contributed by atoms with Gasteiger partial charge in [0, 0.05) is 11.5 Å². The van der Waals surface area contributed by atoms with E-state index < -0.39 is 5.97 Å². The molecule has 0 aliphatic heterocycles. The smallest absolute Gasteiger partial charge is 0.356 e. The molecule has 2 aliphatic rings. The molecule has 2 aromatic rings. The highest BCUT2D eigenvalue weighted by Gasteiger charge is 2.50. The molecule has 2 heterocycles. The molecule has 1 N–H and O–H groups in total. The maximum atomic E-state index is 11.3. The fourth-order valence-electron chi connectivity index (χ4n) is 2.88. The zero-order chi connectivity index (χ0) is 13.1. The van der Waals surface area contributed by atoms with Crippen LogP contribution in [-0.4, -0.2) is 30.8 Å². The second kappa shape index (κ2) is 3.63. The Labute approximate surface area is 116 Å². The van der Waals surface area contributed by atoms with Gasteiger partial charge < -0.3 is 5.11 Å². The van der Waals surface area contributed by atoms with Gasteiger partial charge in [-0.2, -0.15) is 5.10 Å². The second-order valence-corrected chi connectivity index (χ2v) is 5.75. The summed E-state index contributed by atoms with van der Waals surface area (Å²) in [7, 11) is 0. The van der Waals surface area contributed by atoms with Crippen LogP contribution in [0.25, 0.3) is 5.82 Å². The minimum absolute atomic E-state index is 0.159. The number of hydrogen-bond donors (Lipinski definition) is 1. The normalized spacial score (nSPS) is 23.0. The highest BCUT2D eigenvalue weighted by Crippen LogP contribution is 2.57. The van der Waals surface area contributed by atoms with Gasteiger partial charge in [-0.25, -0.2) is 19.4 Å². The predicted octanol–water partition coefficient (Wildman–Crippen LogP) is 1.78. The fourth-order valence-corrected chi connectivity index (χ4v) is 3.08. The molecule has 2 aromatic heterocycles. The average Bonchev–Trinajstić information content (AvgIpc) is 2.89. The van der Waals surface area contributed by atoms with Gasteiger partial charge in [0.15, 0.2) is 11.5 Å². The molecule has 0 unspecified atom stereocenters. The molecule has 0 bridgehead atoms. The monoisotopic (exact) mass is 320 g/mol. The summed E-state index contributed by atoms with van der Waals surface area (Å²) in [6.07, 6.45) is 5.13. The number of carboxylic acids is 1. The Balaban J connectivity index is 1.91. The first-order chi connectivity index (χ1) is 9.15. The van der Waals surface area contributed by atoms with Gasteiger partial charge in [-0.15, -0.1) is 0 Å². The Morgan fingerprint density at radius 3 is 2.95 bits per heavy atom. The van der Waals surface area contributed by atoms with Crippen molar-refractivity contribution in [2.24, 2.45) is 5.92 Å². The molecule has 0 spiro atoms. The molecule has 1 fully saturated rings. The molecule has 4 rings (SSSR count). The lowest BCUT2D eigenvalue weighted by Gasteiger charge is -2.04. The van der Waals surface area contributed by atoms with Crippen molar-refractivity contribution in [2.45, 2.75) is 18.8 Å². The molecule has 0 saturated heterocycles. The van der Waals surface area contributed by atoms with E-state index in [0.29, 0.717) is 22.3 Å². The van der Waals surface area contributed by atoms with Crippen LogP contribution in [0, 0.1) is 5.92 Å². The Hall–Kier alpha value is -1.76. The summed E-state index contributed by atoms with van der Waals surface area (Å²) in [5.74, 6) is 0.641. The highest BCUT2D eigenvalue weighted by molar-refractivity contribution is 9.10. The van der Waals surface area contributed by atoms with E-state index in [1.807, 2.05) is 0 Å². The minimum atomic E-state index is -0.971. The van der Waals surface area contributed by atoms with Crippen LogP contribution >= 0.6 is 15.9 Å². The predicted molar refractivity (Wildman–Crippen MR) is 68.4 cm³/mol. The first-order valence-corrected chi connectivity index (χ1v) is 6.77. The van der Waals surface area contributed by atoms with E-state index in [2.05, 4.69) is 31.0 Å². The maximum Gasteiger partial charge on any atom is 0.356 e. The topological polar surface area (TPSA) is 80.9 Å². The van der Waals surface area contributed by atoms with E-state index >= 15 is 0 Å². The summed E-state index contributed by atoms with van der Waals surface area (Å²) in [5.41, 5.74) is 2.05. The molecule has 2 atom stereocenters. The molecule has 0 amide bonds. The molecule has 1 saturated carbocycles. The molecular formula is C12H9BrN4O2. The van der Waals surface area contributed by atoms with Gasteiger partial charge >= 0.3 is 5.97 Å². The summed E-state index contributed by atoms with van der Waals surface area (Å²) >= 11 is 3.23. The first kappa shape index (κ1) is 11.1. The van der Waals surface area contributed by atoms with Crippen LogP contribution in [0.2, 0.25) is 0 Å². The number of hydrogen-bond acceptors (Lipinski definition) is 4. The Bertz CT molecular complexity index is 695. The molecule has 7 heteroatoms. The van der Waals surface area contributed by atoms with Crippen LogP contribution in [0.4, 0.5) is 0 Å². The summed E-state index contributed by atoms with van der Waals surface area (Å²) in [4.78, 5) is 19.6. The Kier molecular flexibility index (Phi) is 2.12. The van der Waals surface area contributed by atoms with E-state index in [4.69, 9.17) is 0 Å². The third kappa shape index (κ3) is 1.54. The van der Waals surface area contributed by atoms with Crippen molar-refractivity contribution in [1.29, 1.82) is 0 Å². The third-order valence-corrected chi connectivity index (χ3v) is 4.20. The summed E-state index contributed by atoms with van der Waals surface area (Å²) in [6, 6.07) is 0. The quantitative estimate of drug-likeness (QED) is 0.912. The van der Waals surface area contributed by atoms with Crippen molar-refractivity contribution in [2.75, 3.05) is 0 Å². The largest absolute Gasteiger partial charge is 0.476 e. The Morgan fingerprint density at radius 1 is 1.42 bits per heavy atom. The SMILES string of the molecule is O=C(O)c1nn(-c2cnc(Br)cn2)c2c1C[C@@H]1C[C@H]21. The molecule has 2 aliphatic carbocycles. The summed E-state index contributed by atoms with van der Waals surface area (Å²) in [5, 5.41) is 13.4. The first-order valence-electron chi connectivity index (χ1n) is 5.98. The van der Waals surface area contributed by atoms with E-state index in [9.17, 15) is 9.90 Å². The standard InChI is InChI=1S/C12H9BrN4O2/c13-8-3-15-9(4-14-8)17-11-6-1-5(6)2-7(11)10(16-17)12(18)19/h3-6H,1-2H2,(H,18,19)/t5-,6-/m0/s1. The summed E-state index contributed by atoms with van der Waals surface area (Å²) in [6.45, 7) is 0. The van der Waals surface area contributed by atoms with Crippen LogP contribution in [-0.2, 0) is 6.42 Å². The van der Waals surface area contributed by atoms with Gasteiger partial charge in [-0.1, -0.05) is 0 Å². The van der Waals surface area contributed by atoms with Gasteiger partial charge in [0.05, 0.1) is 18.1 Å². The number of halogens is 1. The molecule has 96 valence electrons. The van der Waals surface area contributed by atoms with Gasteiger partial charge in [0.1, 0.15) is 4.60 Å². The average molecular weight is 321 g/mol. The second-order valence-electron chi connectivity index (χ2n) is 4.93. The molecule has 19 heavy (non-hydrogen) atoms. The van der Waals surface area contributed by atoms with E-state index in [-0.39, 0.29) is 5.69 Å². The van der Waals surface area contributed by atoms with Crippen LogP contribution in [0.1, 0.15) is 34.1 Å². The number of aromatic nitrogens is 4. The van der Waals surface area contributed by atoms with Crippen molar-refractivity contribution in [3.05, 3.63) is 33.9 Å². The molecule has 6 nitrogen and oxygen atoms in total. The van der Waals surface area contributed by atoms with E-state index in [0.717, 1.165) is 24.1 Å². The van der Waals surface area contributed by atoms with Gasteiger partial charge in [-0.3, -0.25) is 0 Å². The van der Waals surface area contributed by atoms with Crippen LogP contribution in [0.3, 0.4) is 0 Å².